The van der Waals surface area contributed by atoms with E-state index in [0.717, 1.165) is 28.2 Å². The number of carbonyl (C=O) groups excluding carboxylic acids is 1. The number of hydrogen-bond acceptors (Lipinski definition) is 4. The van der Waals surface area contributed by atoms with Gasteiger partial charge in [0.2, 0.25) is 5.91 Å². The Labute approximate surface area is 127 Å². The van der Waals surface area contributed by atoms with Crippen molar-refractivity contribution in [2.24, 2.45) is 0 Å². The fraction of sp³-hybridized carbons (Fsp3) is 0.312. The SMILES string of the molecule is O=C(Cc1cccs1)NCC(O)c1ccc2c(c1)CCO2. The molecule has 5 heteroatoms. The van der Waals surface area contributed by atoms with E-state index in [0.29, 0.717) is 13.0 Å². The van der Waals surface area contributed by atoms with Gasteiger partial charge in [-0.15, -0.1) is 11.3 Å². The normalized spacial score (nSPS) is 14.3. The first-order valence-electron chi connectivity index (χ1n) is 6.95. The number of hydrogen-bond donors (Lipinski definition) is 2. The van der Waals surface area contributed by atoms with E-state index < -0.39 is 6.10 Å². The molecule has 0 saturated carbocycles. The third kappa shape index (κ3) is 3.43. The smallest absolute Gasteiger partial charge is 0.225 e. The first kappa shape index (κ1) is 14.1. The van der Waals surface area contributed by atoms with E-state index in [-0.39, 0.29) is 12.5 Å². The van der Waals surface area contributed by atoms with Crippen LogP contribution in [0, 0.1) is 0 Å². The van der Waals surface area contributed by atoms with Crippen LogP contribution in [0.2, 0.25) is 0 Å². The van der Waals surface area contributed by atoms with E-state index in [1.807, 2.05) is 35.7 Å². The summed E-state index contributed by atoms with van der Waals surface area (Å²) in [4.78, 5) is 12.8. The zero-order chi connectivity index (χ0) is 14.7. The van der Waals surface area contributed by atoms with Crippen LogP contribution in [0.5, 0.6) is 5.75 Å². The maximum absolute atomic E-state index is 11.8. The molecule has 0 fully saturated rings. The molecular weight excluding hydrogens is 286 g/mol. The van der Waals surface area contributed by atoms with E-state index in [4.69, 9.17) is 4.74 Å². The third-order valence-corrected chi connectivity index (χ3v) is 4.38. The van der Waals surface area contributed by atoms with Crippen molar-refractivity contribution < 1.29 is 14.6 Å². The molecule has 1 aromatic carbocycles. The first-order chi connectivity index (χ1) is 10.2. The summed E-state index contributed by atoms with van der Waals surface area (Å²) >= 11 is 1.56. The molecule has 2 aromatic rings. The summed E-state index contributed by atoms with van der Waals surface area (Å²) in [6, 6.07) is 9.54. The van der Waals surface area contributed by atoms with Crippen molar-refractivity contribution >= 4 is 17.2 Å². The number of amides is 1. The van der Waals surface area contributed by atoms with Gasteiger partial charge in [0.25, 0.3) is 0 Å². The summed E-state index contributed by atoms with van der Waals surface area (Å²) in [5.74, 6) is 0.827. The Balaban J connectivity index is 1.54. The highest BCUT2D eigenvalue weighted by molar-refractivity contribution is 7.10. The van der Waals surface area contributed by atoms with Crippen LogP contribution in [-0.2, 0) is 17.6 Å². The Morgan fingerprint density at radius 3 is 3.14 bits per heavy atom. The molecule has 1 aliphatic heterocycles. The minimum Gasteiger partial charge on any atom is -0.493 e. The van der Waals surface area contributed by atoms with E-state index in [1.54, 1.807) is 11.3 Å². The molecular formula is C16H17NO3S. The summed E-state index contributed by atoms with van der Waals surface area (Å²) in [5, 5.41) is 14.9. The molecule has 0 bridgehead atoms. The number of thiophene rings is 1. The van der Waals surface area contributed by atoms with Gasteiger partial charge in [0.15, 0.2) is 0 Å². The molecule has 0 saturated heterocycles. The van der Waals surface area contributed by atoms with Gasteiger partial charge in [-0.1, -0.05) is 12.1 Å². The first-order valence-corrected chi connectivity index (χ1v) is 7.83. The average Bonchev–Trinajstić information content (AvgIpc) is 3.14. The molecule has 110 valence electrons. The van der Waals surface area contributed by atoms with Crippen LogP contribution >= 0.6 is 11.3 Å². The second-order valence-electron chi connectivity index (χ2n) is 5.04. The van der Waals surface area contributed by atoms with E-state index in [9.17, 15) is 9.90 Å². The monoisotopic (exact) mass is 303 g/mol. The van der Waals surface area contributed by atoms with Crippen LogP contribution in [0.3, 0.4) is 0 Å². The quantitative estimate of drug-likeness (QED) is 0.889. The molecule has 0 aliphatic carbocycles. The zero-order valence-corrected chi connectivity index (χ0v) is 12.4. The zero-order valence-electron chi connectivity index (χ0n) is 11.5. The topological polar surface area (TPSA) is 58.6 Å². The maximum Gasteiger partial charge on any atom is 0.225 e. The third-order valence-electron chi connectivity index (χ3n) is 3.51. The van der Waals surface area contributed by atoms with Crippen molar-refractivity contribution in [1.29, 1.82) is 0 Å². The van der Waals surface area contributed by atoms with Gasteiger partial charge in [-0.2, -0.15) is 0 Å². The van der Waals surface area contributed by atoms with Gasteiger partial charge in [0, 0.05) is 17.8 Å². The van der Waals surface area contributed by atoms with Crippen molar-refractivity contribution in [2.75, 3.05) is 13.2 Å². The molecule has 0 spiro atoms. The Bertz CT molecular complexity index is 624. The number of fused-ring (bicyclic) bond motifs is 1. The Morgan fingerprint density at radius 1 is 1.43 bits per heavy atom. The molecule has 1 aromatic heterocycles. The molecule has 1 unspecified atom stereocenters. The number of benzene rings is 1. The van der Waals surface area contributed by atoms with Gasteiger partial charge < -0.3 is 15.2 Å². The fourth-order valence-electron chi connectivity index (χ4n) is 2.38. The highest BCUT2D eigenvalue weighted by atomic mass is 32.1. The van der Waals surface area contributed by atoms with Gasteiger partial charge in [0.1, 0.15) is 5.75 Å². The minimum atomic E-state index is -0.691. The number of carbonyl (C=O) groups is 1. The van der Waals surface area contributed by atoms with Crippen LogP contribution in [0.1, 0.15) is 22.1 Å². The lowest BCUT2D eigenvalue weighted by Gasteiger charge is -2.13. The lowest BCUT2D eigenvalue weighted by molar-refractivity contribution is -0.120. The fourth-order valence-corrected chi connectivity index (χ4v) is 3.08. The Kier molecular flexibility index (Phi) is 4.22. The molecule has 21 heavy (non-hydrogen) atoms. The van der Waals surface area contributed by atoms with Crippen LogP contribution in [0.25, 0.3) is 0 Å². The summed E-state index contributed by atoms with van der Waals surface area (Å²) in [6.45, 7) is 0.927. The number of aliphatic hydroxyl groups excluding tert-OH is 1. The molecule has 1 atom stereocenters. The van der Waals surface area contributed by atoms with Gasteiger partial charge >= 0.3 is 0 Å². The summed E-state index contributed by atoms with van der Waals surface area (Å²) in [5.41, 5.74) is 1.94. The van der Waals surface area contributed by atoms with E-state index >= 15 is 0 Å². The van der Waals surface area contributed by atoms with Crippen LogP contribution in [0.15, 0.2) is 35.7 Å². The Morgan fingerprint density at radius 2 is 2.33 bits per heavy atom. The number of nitrogens with one attached hydrogen (secondary N) is 1. The molecule has 2 N–H and O–H groups in total. The van der Waals surface area contributed by atoms with Gasteiger partial charge in [-0.05, 0) is 34.7 Å². The van der Waals surface area contributed by atoms with Crippen LogP contribution in [-0.4, -0.2) is 24.2 Å². The lowest BCUT2D eigenvalue weighted by Crippen LogP contribution is -2.29. The number of aliphatic hydroxyl groups is 1. The molecule has 0 radical (unpaired) electrons. The maximum atomic E-state index is 11.8. The predicted molar refractivity (Wildman–Crippen MR) is 81.6 cm³/mol. The van der Waals surface area contributed by atoms with Crippen LogP contribution in [0.4, 0.5) is 0 Å². The summed E-state index contributed by atoms with van der Waals surface area (Å²) < 4.78 is 5.44. The highest BCUT2D eigenvalue weighted by Gasteiger charge is 2.16. The van der Waals surface area contributed by atoms with Gasteiger partial charge in [-0.3, -0.25) is 4.79 Å². The van der Waals surface area contributed by atoms with Crippen molar-refractivity contribution in [3.8, 4) is 5.75 Å². The van der Waals surface area contributed by atoms with E-state index in [2.05, 4.69) is 5.32 Å². The van der Waals surface area contributed by atoms with Crippen molar-refractivity contribution in [2.45, 2.75) is 18.9 Å². The largest absolute Gasteiger partial charge is 0.493 e. The molecule has 2 heterocycles. The molecule has 3 rings (SSSR count). The van der Waals surface area contributed by atoms with E-state index in [1.165, 1.54) is 0 Å². The van der Waals surface area contributed by atoms with Crippen molar-refractivity contribution in [3.63, 3.8) is 0 Å². The van der Waals surface area contributed by atoms with Crippen molar-refractivity contribution in [3.05, 3.63) is 51.7 Å². The second kappa shape index (κ2) is 6.28. The average molecular weight is 303 g/mol. The predicted octanol–water partition coefficient (Wildman–Crippen LogP) is 2.08. The van der Waals surface area contributed by atoms with Gasteiger partial charge in [-0.25, -0.2) is 0 Å². The summed E-state index contributed by atoms with van der Waals surface area (Å²) in [7, 11) is 0. The molecule has 1 aliphatic rings. The number of rotatable bonds is 5. The standard InChI is InChI=1S/C16H17NO3S/c18-14(10-17-16(19)9-13-2-1-7-21-13)11-3-4-15-12(8-11)5-6-20-15/h1-4,7-8,14,18H,5-6,9-10H2,(H,17,19). The second-order valence-corrected chi connectivity index (χ2v) is 6.07. The van der Waals surface area contributed by atoms with Crippen molar-refractivity contribution in [1.82, 2.24) is 5.32 Å². The minimum absolute atomic E-state index is 0.0685. The molecule has 4 nitrogen and oxygen atoms in total. The van der Waals surface area contributed by atoms with Crippen LogP contribution < -0.4 is 10.1 Å². The Hall–Kier alpha value is -1.85. The highest BCUT2D eigenvalue weighted by Crippen LogP contribution is 2.28. The molecule has 1 amide bonds. The summed E-state index contributed by atoms with van der Waals surface area (Å²) in [6.07, 6.45) is 0.548. The number of ether oxygens (including phenoxy) is 1. The van der Waals surface area contributed by atoms with Gasteiger partial charge in [0.05, 0.1) is 19.1 Å². The lowest BCUT2D eigenvalue weighted by atomic mass is 10.0.